The molecule has 2 aromatic rings. The summed E-state index contributed by atoms with van der Waals surface area (Å²) in [4.78, 5) is 4.17. The Kier molecular flexibility index (Phi) is 3.73. The number of benzene rings is 1. The highest BCUT2D eigenvalue weighted by atomic mass is 14.9. The van der Waals surface area contributed by atoms with Crippen molar-refractivity contribution in [3.05, 3.63) is 59.4 Å². The molecule has 1 heterocycles. The predicted molar refractivity (Wildman–Crippen MR) is 70.6 cm³/mol. The number of rotatable bonds is 4. The summed E-state index contributed by atoms with van der Waals surface area (Å²) in [6, 6.07) is 12.4. The Labute approximate surface area is 102 Å². The molecular weight excluding hydrogens is 210 g/mol. The van der Waals surface area contributed by atoms with E-state index in [2.05, 4.69) is 41.5 Å². The molecule has 0 aliphatic heterocycles. The van der Waals surface area contributed by atoms with Crippen molar-refractivity contribution in [1.82, 2.24) is 4.98 Å². The number of anilines is 1. The van der Waals surface area contributed by atoms with Crippen LogP contribution in [0, 0.1) is 6.92 Å². The Bertz CT molecular complexity index is 477. The van der Waals surface area contributed by atoms with Gasteiger partial charge in [-0.3, -0.25) is 4.98 Å². The molecule has 0 fully saturated rings. The van der Waals surface area contributed by atoms with Gasteiger partial charge in [0.25, 0.3) is 0 Å². The number of aromatic nitrogens is 1. The number of hydrogen-bond acceptors (Lipinski definition) is 3. The molecular formula is C14H17N3. The molecule has 1 aromatic carbocycles. The summed E-state index contributed by atoms with van der Waals surface area (Å²) >= 11 is 0. The molecule has 0 aliphatic carbocycles. The molecule has 0 saturated carbocycles. The largest absolute Gasteiger partial charge is 0.381 e. The average molecular weight is 227 g/mol. The summed E-state index contributed by atoms with van der Waals surface area (Å²) in [5.74, 6) is 0. The summed E-state index contributed by atoms with van der Waals surface area (Å²) in [7, 11) is 0. The van der Waals surface area contributed by atoms with Crippen LogP contribution in [0.25, 0.3) is 0 Å². The maximum Gasteiger partial charge on any atom is 0.0542 e. The molecule has 0 amide bonds. The van der Waals surface area contributed by atoms with Crippen molar-refractivity contribution in [2.24, 2.45) is 5.73 Å². The number of nitrogens with zero attached hydrogens (tertiary/aromatic N) is 1. The first-order valence-corrected chi connectivity index (χ1v) is 5.72. The van der Waals surface area contributed by atoms with Gasteiger partial charge in [0.05, 0.1) is 5.69 Å². The lowest BCUT2D eigenvalue weighted by Crippen LogP contribution is -2.03. The third-order valence-electron chi connectivity index (χ3n) is 2.64. The Morgan fingerprint density at radius 1 is 1.18 bits per heavy atom. The monoisotopic (exact) mass is 227 g/mol. The topological polar surface area (TPSA) is 50.9 Å². The van der Waals surface area contributed by atoms with Crippen LogP contribution in [0.4, 0.5) is 5.69 Å². The van der Waals surface area contributed by atoms with Gasteiger partial charge in [-0.05, 0) is 36.8 Å². The molecule has 3 nitrogen and oxygen atoms in total. The zero-order valence-corrected chi connectivity index (χ0v) is 9.98. The third kappa shape index (κ3) is 3.29. The van der Waals surface area contributed by atoms with Gasteiger partial charge in [0.15, 0.2) is 0 Å². The van der Waals surface area contributed by atoms with E-state index >= 15 is 0 Å². The van der Waals surface area contributed by atoms with Gasteiger partial charge >= 0.3 is 0 Å². The fourth-order valence-electron chi connectivity index (χ4n) is 1.63. The van der Waals surface area contributed by atoms with E-state index in [1.807, 2.05) is 12.1 Å². The summed E-state index contributed by atoms with van der Waals surface area (Å²) in [6.45, 7) is 3.36. The lowest BCUT2D eigenvalue weighted by Gasteiger charge is -2.07. The van der Waals surface area contributed by atoms with Gasteiger partial charge in [0, 0.05) is 25.0 Å². The van der Waals surface area contributed by atoms with E-state index < -0.39 is 0 Å². The molecule has 3 N–H and O–H groups in total. The normalized spacial score (nSPS) is 10.2. The van der Waals surface area contributed by atoms with Gasteiger partial charge < -0.3 is 11.1 Å². The van der Waals surface area contributed by atoms with Gasteiger partial charge in [-0.1, -0.05) is 17.7 Å². The second-order valence-electron chi connectivity index (χ2n) is 4.08. The van der Waals surface area contributed by atoms with Crippen molar-refractivity contribution in [1.29, 1.82) is 0 Å². The van der Waals surface area contributed by atoms with Crippen molar-refractivity contribution in [3.63, 3.8) is 0 Å². The Morgan fingerprint density at radius 2 is 1.94 bits per heavy atom. The summed E-state index contributed by atoms with van der Waals surface area (Å²) in [6.07, 6.45) is 1.80. The van der Waals surface area contributed by atoms with Crippen LogP contribution in [0.15, 0.2) is 42.6 Å². The molecule has 0 saturated heterocycles. The molecule has 0 radical (unpaired) electrons. The van der Waals surface area contributed by atoms with Gasteiger partial charge in [-0.25, -0.2) is 0 Å². The van der Waals surface area contributed by atoms with Crippen molar-refractivity contribution in [3.8, 4) is 0 Å². The van der Waals surface area contributed by atoms with Gasteiger partial charge in [-0.15, -0.1) is 0 Å². The summed E-state index contributed by atoms with van der Waals surface area (Å²) in [5, 5.41) is 3.37. The first-order valence-electron chi connectivity index (χ1n) is 5.72. The number of nitrogens with one attached hydrogen (secondary N) is 1. The maximum absolute atomic E-state index is 5.56. The Balaban J connectivity index is 1.99. The average Bonchev–Trinajstić information content (AvgIpc) is 2.38. The van der Waals surface area contributed by atoms with E-state index in [4.69, 9.17) is 5.73 Å². The first kappa shape index (κ1) is 11.6. The van der Waals surface area contributed by atoms with Crippen LogP contribution in [-0.2, 0) is 13.1 Å². The second-order valence-corrected chi connectivity index (χ2v) is 4.08. The molecule has 17 heavy (non-hydrogen) atoms. The second kappa shape index (κ2) is 5.46. The SMILES string of the molecule is Cc1ccc(NCc2ccnc(CN)c2)cc1. The van der Waals surface area contributed by atoms with Crippen molar-refractivity contribution < 1.29 is 0 Å². The van der Waals surface area contributed by atoms with Crippen molar-refractivity contribution in [2.75, 3.05) is 5.32 Å². The zero-order chi connectivity index (χ0) is 12.1. The van der Waals surface area contributed by atoms with Crippen molar-refractivity contribution in [2.45, 2.75) is 20.0 Å². The molecule has 0 spiro atoms. The summed E-state index contributed by atoms with van der Waals surface area (Å²) in [5.41, 5.74) is 10.1. The maximum atomic E-state index is 5.56. The van der Waals surface area contributed by atoms with Crippen LogP contribution in [-0.4, -0.2) is 4.98 Å². The Hall–Kier alpha value is -1.87. The molecule has 0 aliphatic rings. The minimum atomic E-state index is 0.484. The smallest absolute Gasteiger partial charge is 0.0542 e. The predicted octanol–water partition coefficient (Wildman–Crippen LogP) is 2.46. The van der Waals surface area contributed by atoms with Crippen molar-refractivity contribution >= 4 is 5.69 Å². The van der Waals surface area contributed by atoms with Crippen LogP contribution in [0.2, 0.25) is 0 Å². The van der Waals surface area contributed by atoms with E-state index in [1.54, 1.807) is 6.20 Å². The number of aryl methyl sites for hydroxylation is 1. The molecule has 0 unspecified atom stereocenters. The number of pyridine rings is 1. The fourth-order valence-corrected chi connectivity index (χ4v) is 1.63. The molecule has 0 bridgehead atoms. The van der Waals surface area contributed by atoms with E-state index in [0.717, 1.165) is 17.9 Å². The quantitative estimate of drug-likeness (QED) is 0.843. The highest BCUT2D eigenvalue weighted by Gasteiger charge is 1.96. The van der Waals surface area contributed by atoms with E-state index in [-0.39, 0.29) is 0 Å². The molecule has 88 valence electrons. The van der Waals surface area contributed by atoms with Gasteiger partial charge in [0.1, 0.15) is 0 Å². The fraction of sp³-hybridized carbons (Fsp3) is 0.214. The zero-order valence-electron chi connectivity index (χ0n) is 9.98. The Morgan fingerprint density at radius 3 is 2.65 bits per heavy atom. The van der Waals surface area contributed by atoms with E-state index in [1.165, 1.54) is 11.1 Å². The lowest BCUT2D eigenvalue weighted by molar-refractivity contribution is 0.973. The van der Waals surface area contributed by atoms with Crippen LogP contribution in [0.3, 0.4) is 0 Å². The molecule has 2 rings (SSSR count). The van der Waals surface area contributed by atoms with E-state index in [0.29, 0.717) is 6.54 Å². The van der Waals surface area contributed by atoms with Crippen LogP contribution in [0.1, 0.15) is 16.8 Å². The number of hydrogen-bond donors (Lipinski definition) is 2. The molecule has 1 aromatic heterocycles. The standard InChI is InChI=1S/C14H17N3/c1-11-2-4-13(5-3-11)17-10-12-6-7-16-14(8-12)9-15/h2-8,17H,9-10,15H2,1H3. The lowest BCUT2D eigenvalue weighted by atomic mass is 10.2. The highest BCUT2D eigenvalue weighted by molar-refractivity contribution is 5.44. The van der Waals surface area contributed by atoms with Crippen LogP contribution in [0.5, 0.6) is 0 Å². The molecule has 0 atom stereocenters. The minimum Gasteiger partial charge on any atom is -0.381 e. The highest BCUT2D eigenvalue weighted by Crippen LogP contribution is 2.10. The third-order valence-corrected chi connectivity index (χ3v) is 2.64. The van der Waals surface area contributed by atoms with Crippen LogP contribution >= 0.6 is 0 Å². The minimum absolute atomic E-state index is 0.484. The van der Waals surface area contributed by atoms with Gasteiger partial charge in [0.2, 0.25) is 0 Å². The first-order chi connectivity index (χ1) is 8.28. The van der Waals surface area contributed by atoms with Crippen LogP contribution < -0.4 is 11.1 Å². The van der Waals surface area contributed by atoms with Gasteiger partial charge in [-0.2, -0.15) is 0 Å². The van der Waals surface area contributed by atoms with E-state index in [9.17, 15) is 0 Å². The molecule has 3 heteroatoms. The number of nitrogens with two attached hydrogens (primary N) is 1. The summed E-state index contributed by atoms with van der Waals surface area (Å²) < 4.78 is 0.